The number of nitrogens with zero attached hydrogens (tertiary/aromatic N) is 1. The number of hydrogen-bond donors (Lipinski definition) is 1. The van der Waals surface area contributed by atoms with Gasteiger partial charge in [-0.1, -0.05) is 37.4 Å². The summed E-state index contributed by atoms with van der Waals surface area (Å²) in [6.07, 6.45) is 8.73. The summed E-state index contributed by atoms with van der Waals surface area (Å²) in [6.45, 7) is 5.82. The minimum Gasteiger partial charge on any atom is -0.496 e. The summed E-state index contributed by atoms with van der Waals surface area (Å²) in [5, 5.41) is 3.96. The molecule has 1 heterocycles. The lowest BCUT2D eigenvalue weighted by molar-refractivity contribution is 0.251. The van der Waals surface area contributed by atoms with E-state index in [1.807, 2.05) is 11.9 Å². The molecular formula is C20H32N2OS. The van der Waals surface area contributed by atoms with E-state index in [0.717, 1.165) is 31.7 Å². The third-order valence-electron chi connectivity index (χ3n) is 5.50. The van der Waals surface area contributed by atoms with Crippen molar-refractivity contribution in [2.45, 2.75) is 57.4 Å². The fourth-order valence-corrected chi connectivity index (χ4v) is 5.31. The zero-order valence-corrected chi connectivity index (χ0v) is 16.1. The molecule has 0 bridgehead atoms. The van der Waals surface area contributed by atoms with Gasteiger partial charge in [0.25, 0.3) is 0 Å². The van der Waals surface area contributed by atoms with Gasteiger partial charge in [0.1, 0.15) is 5.75 Å². The highest BCUT2D eigenvalue weighted by Crippen LogP contribution is 2.36. The molecule has 0 amide bonds. The first-order chi connectivity index (χ1) is 11.8. The maximum Gasteiger partial charge on any atom is 0.122 e. The number of rotatable bonds is 7. The maximum atomic E-state index is 5.64. The third kappa shape index (κ3) is 4.27. The van der Waals surface area contributed by atoms with E-state index in [0.29, 0.717) is 0 Å². The van der Waals surface area contributed by atoms with Gasteiger partial charge in [0, 0.05) is 30.9 Å². The van der Waals surface area contributed by atoms with Gasteiger partial charge in [0.2, 0.25) is 0 Å². The molecule has 1 aliphatic heterocycles. The average molecular weight is 349 g/mol. The van der Waals surface area contributed by atoms with Crippen LogP contribution >= 0.6 is 11.9 Å². The van der Waals surface area contributed by atoms with Crippen LogP contribution < -0.4 is 10.1 Å². The number of nitrogens with one attached hydrogen (secondary N) is 1. The lowest BCUT2D eigenvalue weighted by Crippen LogP contribution is -2.51. The van der Waals surface area contributed by atoms with Gasteiger partial charge in [-0.05, 0) is 55.7 Å². The molecule has 1 N–H and O–H groups in total. The van der Waals surface area contributed by atoms with Crippen LogP contribution in [0.15, 0.2) is 18.2 Å². The van der Waals surface area contributed by atoms with E-state index in [4.69, 9.17) is 4.74 Å². The number of ether oxygens (including phenoxy) is 1. The molecule has 24 heavy (non-hydrogen) atoms. The monoisotopic (exact) mass is 348 g/mol. The Kier molecular flexibility index (Phi) is 6.48. The zero-order valence-electron chi connectivity index (χ0n) is 15.3. The van der Waals surface area contributed by atoms with Crippen molar-refractivity contribution >= 4 is 11.9 Å². The van der Waals surface area contributed by atoms with Crippen LogP contribution in [0.2, 0.25) is 0 Å². The van der Waals surface area contributed by atoms with Crippen molar-refractivity contribution in [3.63, 3.8) is 0 Å². The van der Waals surface area contributed by atoms with E-state index in [2.05, 4.69) is 34.7 Å². The van der Waals surface area contributed by atoms with Crippen LogP contribution in [-0.4, -0.2) is 42.3 Å². The summed E-state index contributed by atoms with van der Waals surface area (Å²) in [6, 6.07) is 6.52. The van der Waals surface area contributed by atoms with Crippen molar-refractivity contribution in [2.75, 3.05) is 32.5 Å². The number of benzene rings is 1. The highest BCUT2D eigenvalue weighted by molar-refractivity contribution is 7.97. The molecule has 1 saturated heterocycles. The second-order valence-corrected chi connectivity index (χ2v) is 8.38. The standard InChI is InChI=1S/C20H32N2OS/c1-3-10-20(21-12-14-22-13-4-5-15-24-22)11-9-17-7-6-8-19(23-2)18(17)16-20/h6-8,21H,3-5,9-16H2,1-2H3. The SMILES string of the molecule is CCCC1(NCCN2CCCCS2)CCc2cccc(OC)c2C1. The average Bonchev–Trinajstić information content (AvgIpc) is 2.62. The normalized spacial score (nSPS) is 24.6. The van der Waals surface area contributed by atoms with Gasteiger partial charge in [-0.25, -0.2) is 4.31 Å². The summed E-state index contributed by atoms with van der Waals surface area (Å²) in [5.41, 5.74) is 3.16. The van der Waals surface area contributed by atoms with Crippen LogP contribution in [0.3, 0.4) is 0 Å². The Bertz CT molecular complexity index is 516. The van der Waals surface area contributed by atoms with Crippen molar-refractivity contribution in [3.05, 3.63) is 29.3 Å². The van der Waals surface area contributed by atoms with E-state index in [9.17, 15) is 0 Å². The molecule has 3 nitrogen and oxygen atoms in total. The van der Waals surface area contributed by atoms with Crippen molar-refractivity contribution < 1.29 is 4.74 Å². The summed E-state index contributed by atoms with van der Waals surface area (Å²) >= 11 is 2.03. The van der Waals surface area contributed by atoms with E-state index in [-0.39, 0.29) is 5.54 Å². The molecule has 1 aromatic carbocycles. The van der Waals surface area contributed by atoms with Gasteiger partial charge in [0.15, 0.2) is 0 Å². The predicted molar refractivity (Wildman–Crippen MR) is 104 cm³/mol. The summed E-state index contributed by atoms with van der Waals surface area (Å²) in [5.74, 6) is 2.37. The van der Waals surface area contributed by atoms with Gasteiger partial charge >= 0.3 is 0 Å². The molecule has 0 aromatic heterocycles. The summed E-state index contributed by atoms with van der Waals surface area (Å²) in [4.78, 5) is 0. The van der Waals surface area contributed by atoms with Gasteiger partial charge in [-0.2, -0.15) is 0 Å². The van der Waals surface area contributed by atoms with Gasteiger partial charge in [-0.15, -0.1) is 0 Å². The van der Waals surface area contributed by atoms with Crippen molar-refractivity contribution in [2.24, 2.45) is 0 Å². The van der Waals surface area contributed by atoms with E-state index in [1.54, 1.807) is 7.11 Å². The first-order valence-electron chi connectivity index (χ1n) is 9.54. The number of methoxy groups -OCH3 is 1. The maximum absolute atomic E-state index is 5.64. The lowest BCUT2D eigenvalue weighted by atomic mass is 9.75. The molecule has 134 valence electrons. The lowest BCUT2D eigenvalue weighted by Gasteiger charge is -2.40. The molecule has 1 aliphatic carbocycles. The summed E-state index contributed by atoms with van der Waals surface area (Å²) in [7, 11) is 1.80. The number of fused-ring (bicyclic) bond motifs is 1. The van der Waals surface area contributed by atoms with Gasteiger partial charge in [-0.3, -0.25) is 0 Å². The Morgan fingerprint density at radius 3 is 3.00 bits per heavy atom. The van der Waals surface area contributed by atoms with Crippen molar-refractivity contribution in [3.8, 4) is 5.75 Å². The highest BCUT2D eigenvalue weighted by atomic mass is 32.2. The van der Waals surface area contributed by atoms with Crippen LogP contribution in [0.1, 0.15) is 50.2 Å². The molecule has 1 aromatic rings. The minimum atomic E-state index is 0.247. The van der Waals surface area contributed by atoms with Gasteiger partial charge in [0.05, 0.1) is 7.11 Å². The molecule has 0 spiro atoms. The van der Waals surface area contributed by atoms with E-state index >= 15 is 0 Å². The quantitative estimate of drug-likeness (QED) is 0.751. The molecule has 0 radical (unpaired) electrons. The van der Waals surface area contributed by atoms with Crippen LogP contribution in [0.5, 0.6) is 5.75 Å². The van der Waals surface area contributed by atoms with Crippen molar-refractivity contribution in [1.29, 1.82) is 0 Å². The molecule has 1 fully saturated rings. The Morgan fingerprint density at radius 2 is 2.25 bits per heavy atom. The number of aryl methyl sites for hydroxylation is 1. The summed E-state index contributed by atoms with van der Waals surface area (Å²) < 4.78 is 8.19. The molecular weight excluding hydrogens is 316 g/mol. The van der Waals surface area contributed by atoms with Crippen LogP contribution in [0.4, 0.5) is 0 Å². The smallest absolute Gasteiger partial charge is 0.122 e. The van der Waals surface area contributed by atoms with Crippen molar-refractivity contribution in [1.82, 2.24) is 9.62 Å². The second-order valence-electron chi connectivity index (χ2n) is 7.20. The number of hydrogen-bond acceptors (Lipinski definition) is 4. The zero-order chi connectivity index (χ0) is 16.8. The highest BCUT2D eigenvalue weighted by Gasteiger charge is 2.34. The fourth-order valence-electron chi connectivity index (χ4n) is 4.24. The Balaban J connectivity index is 1.65. The van der Waals surface area contributed by atoms with Gasteiger partial charge < -0.3 is 10.1 Å². The first-order valence-corrected chi connectivity index (χ1v) is 10.5. The predicted octanol–water partition coefficient (Wildman–Crippen LogP) is 4.06. The first kappa shape index (κ1) is 18.1. The Morgan fingerprint density at radius 1 is 1.33 bits per heavy atom. The third-order valence-corrected chi connectivity index (χ3v) is 6.71. The molecule has 0 saturated carbocycles. The fraction of sp³-hybridized carbons (Fsp3) is 0.700. The molecule has 1 unspecified atom stereocenters. The molecule has 4 heteroatoms. The molecule has 3 rings (SSSR count). The Hall–Kier alpha value is -0.710. The molecule has 2 aliphatic rings. The van der Waals surface area contributed by atoms with E-state index in [1.165, 1.54) is 55.5 Å². The second kappa shape index (κ2) is 8.59. The molecule has 1 atom stereocenters. The van der Waals surface area contributed by atoms with Crippen LogP contribution in [-0.2, 0) is 12.8 Å². The van der Waals surface area contributed by atoms with Crippen LogP contribution in [0, 0.1) is 0 Å². The van der Waals surface area contributed by atoms with E-state index < -0.39 is 0 Å². The topological polar surface area (TPSA) is 24.5 Å². The largest absolute Gasteiger partial charge is 0.496 e. The van der Waals surface area contributed by atoms with Crippen LogP contribution in [0.25, 0.3) is 0 Å². The Labute approximate surface area is 151 Å². The minimum absolute atomic E-state index is 0.247.